The first-order valence-corrected chi connectivity index (χ1v) is 3.84. The number of nitrogens with two attached hydrogens (primary N) is 1. The normalized spacial score (nSPS) is 13.2. The Labute approximate surface area is 64.4 Å². The second-order valence-corrected chi connectivity index (χ2v) is 4.33. The lowest BCUT2D eigenvalue weighted by atomic mass is 9.96. The molecule has 0 atom stereocenters. The van der Waals surface area contributed by atoms with Crippen LogP contribution in [0.3, 0.4) is 0 Å². The topological polar surface area (TPSA) is 29.3 Å². The molecule has 0 heterocycles. The molecule has 0 fully saturated rings. The molecule has 0 saturated heterocycles. The van der Waals surface area contributed by atoms with Crippen molar-refractivity contribution in [3.63, 3.8) is 0 Å². The molecule has 2 nitrogen and oxygen atoms in total. The SMILES string of the molecule is CC(C)N(N)CC(C)(C)C. The molecule has 0 aromatic rings. The lowest BCUT2D eigenvalue weighted by Gasteiger charge is -2.28. The minimum atomic E-state index is 0.305. The van der Waals surface area contributed by atoms with Gasteiger partial charge in [-0.2, -0.15) is 0 Å². The molecule has 0 aliphatic heterocycles. The van der Waals surface area contributed by atoms with E-state index in [2.05, 4.69) is 34.6 Å². The number of hydrogen-bond donors (Lipinski definition) is 1. The average Bonchev–Trinajstić information content (AvgIpc) is 1.60. The molecular weight excluding hydrogens is 124 g/mol. The molecule has 10 heavy (non-hydrogen) atoms. The van der Waals surface area contributed by atoms with E-state index >= 15 is 0 Å². The Morgan fingerprint density at radius 3 is 1.80 bits per heavy atom. The first kappa shape index (κ1) is 9.92. The third-order valence-electron chi connectivity index (χ3n) is 1.32. The summed E-state index contributed by atoms with van der Waals surface area (Å²) < 4.78 is 0. The van der Waals surface area contributed by atoms with Crippen LogP contribution in [0.15, 0.2) is 0 Å². The fraction of sp³-hybridized carbons (Fsp3) is 1.00. The molecule has 0 saturated carbocycles. The van der Waals surface area contributed by atoms with Gasteiger partial charge in [0.15, 0.2) is 0 Å². The number of hydrazine groups is 1. The van der Waals surface area contributed by atoms with E-state index in [1.807, 2.05) is 5.01 Å². The predicted molar refractivity (Wildman–Crippen MR) is 45.5 cm³/mol. The summed E-state index contributed by atoms with van der Waals surface area (Å²) in [6, 6.07) is 0.444. The number of rotatable bonds is 2. The summed E-state index contributed by atoms with van der Waals surface area (Å²) in [7, 11) is 0. The van der Waals surface area contributed by atoms with Crippen molar-refractivity contribution in [3.05, 3.63) is 0 Å². The number of nitrogens with zero attached hydrogens (tertiary/aromatic N) is 1. The second kappa shape index (κ2) is 3.35. The van der Waals surface area contributed by atoms with Crippen molar-refractivity contribution in [2.45, 2.75) is 40.7 Å². The van der Waals surface area contributed by atoms with Crippen LogP contribution in [-0.2, 0) is 0 Å². The Bertz CT molecular complexity index is 91.9. The monoisotopic (exact) mass is 144 g/mol. The summed E-state index contributed by atoms with van der Waals surface area (Å²) in [4.78, 5) is 0. The van der Waals surface area contributed by atoms with Crippen LogP contribution in [-0.4, -0.2) is 17.6 Å². The zero-order valence-electron chi connectivity index (χ0n) is 7.81. The molecule has 62 valence electrons. The zero-order valence-corrected chi connectivity index (χ0v) is 7.81. The van der Waals surface area contributed by atoms with Crippen molar-refractivity contribution in [2.75, 3.05) is 6.54 Å². The molecule has 0 aromatic carbocycles. The van der Waals surface area contributed by atoms with E-state index in [-0.39, 0.29) is 0 Å². The second-order valence-electron chi connectivity index (χ2n) is 4.33. The minimum absolute atomic E-state index is 0.305. The molecule has 0 spiro atoms. The molecule has 0 unspecified atom stereocenters. The highest BCUT2D eigenvalue weighted by Crippen LogP contribution is 2.14. The van der Waals surface area contributed by atoms with Gasteiger partial charge < -0.3 is 0 Å². The van der Waals surface area contributed by atoms with Gasteiger partial charge in [0, 0.05) is 12.6 Å². The van der Waals surface area contributed by atoms with E-state index in [1.54, 1.807) is 0 Å². The first-order valence-electron chi connectivity index (χ1n) is 3.84. The number of hydrogen-bond acceptors (Lipinski definition) is 2. The van der Waals surface area contributed by atoms with Gasteiger partial charge in [-0.25, -0.2) is 5.01 Å². The van der Waals surface area contributed by atoms with Crippen molar-refractivity contribution in [1.82, 2.24) is 5.01 Å². The van der Waals surface area contributed by atoms with Crippen LogP contribution in [0.2, 0.25) is 0 Å². The highest BCUT2D eigenvalue weighted by molar-refractivity contribution is 4.67. The maximum absolute atomic E-state index is 5.74. The van der Waals surface area contributed by atoms with Crippen LogP contribution in [0.4, 0.5) is 0 Å². The molecule has 0 amide bonds. The van der Waals surface area contributed by atoms with Crippen molar-refractivity contribution in [2.24, 2.45) is 11.3 Å². The molecule has 0 rings (SSSR count). The van der Waals surface area contributed by atoms with E-state index in [4.69, 9.17) is 5.84 Å². The minimum Gasteiger partial charge on any atom is -0.269 e. The van der Waals surface area contributed by atoms with Gasteiger partial charge in [0.25, 0.3) is 0 Å². The van der Waals surface area contributed by atoms with Crippen molar-refractivity contribution >= 4 is 0 Å². The fourth-order valence-corrected chi connectivity index (χ4v) is 0.730. The van der Waals surface area contributed by atoms with E-state index < -0.39 is 0 Å². The third kappa shape index (κ3) is 4.77. The maximum Gasteiger partial charge on any atom is 0.0184 e. The molecule has 0 aliphatic carbocycles. The zero-order chi connectivity index (χ0) is 8.36. The van der Waals surface area contributed by atoms with Crippen molar-refractivity contribution in [1.29, 1.82) is 0 Å². The quantitative estimate of drug-likeness (QED) is 0.471. The predicted octanol–water partition coefficient (Wildman–Crippen LogP) is 1.62. The van der Waals surface area contributed by atoms with Gasteiger partial charge in [0.1, 0.15) is 0 Å². The summed E-state index contributed by atoms with van der Waals surface area (Å²) in [6.07, 6.45) is 0. The molecule has 2 heteroatoms. The van der Waals surface area contributed by atoms with Crippen LogP contribution in [0, 0.1) is 5.41 Å². The molecule has 2 N–H and O–H groups in total. The van der Waals surface area contributed by atoms with Gasteiger partial charge in [0.2, 0.25) is 0 Å². The van der Waals surface area contributed by atoms with Gasteiger partial charge in [-0.05, 0) is 19.3 Å². The Balaban J connectivity index is 3.68. The maximum atomic E-state index is 5.74. The van der Waals surface area contributed by atoms with Crippen molar-refractivity contribution < 1.29 is 0 Å². The largest absolute Gasteiger partial charge is 0.269 e. The van der Waals surface area contributed by atoms with Gasteiger partial charge in [-0.3, -0.25) is 5.84 Å². The summed E-state index contributed by atoms with van der Waals surface area (Å²) in [5.74, 6) is 5.74. The van der Waals surface area contributed by atoms with Gasteiger partial charge in [0.05, 0.1) is 0 Å². The summed E-state index contributed by atoms with van der Waals surface area (Å²) in [5.41, 5.74) is 0.305. The average molecular weight is 144 g/mol. The summed E-state index contributed by atoms with van der Waals surface area (Å²) in [5, 5.41) is 1.88. The molecule has 0 aromatic heterocycles. The van der Waals surface area contributed by atoms with Crippen molar-refractivity contribution in [3.8, 4) is 0 Å². The van der Waals surface area contributed by atoms with Crippen LogP contribution in [0.1, 0.15) is 34.6 Å². The van der Waals surface area contributed by atoms with E-state index in [9.17, 15) is 0 Å². The Morgan fingerprint density at radius 2 is 1.70 bits per heavy atom. The van der Waals surface area contributed by atoms with Crippen LogP contribution in [0.25, 0.3) is 0 Å². The van der Waals surface area contributed by atoms with Gasteiger partial charge in [-0.15, -0.1) is 0 Å². The van der Waals surface area contributed by atoms with E-state index in [0.29, 0.717) is 11.5 Å². The molecule has 0 radical (unpaired) electrons. The Hall–Kier alpha value is -0.0800. The van der Waals surface area contributed by atoms with Gasteiger partial charge in [-0.1, -0.05) is 20.8 Å². The molecule has 0 bridgehead atoms. The highest BCUT2D eigenvalue weighted by atomic mass is 15.4. The van der Waals surface area contributed by atoms with Crippen LogP contribution in [0.5, 0.6) is 0 Å². The fourth-order valence-electron chi connectivity index (χ4n) is 0.730. The Kier molecular flexibility index (Phi) is 3.33. The van der Waals surface area contributed by atoms with E-state index in [1.165, 1.54) is 0 Å². The summed E-state index contributed by atoms with van der Waals surface area (Å²) in [6.45, 7) is 11.7. The third-order valence-corrected chi connectivity index (χ3v) is 1.32. The van der Waals surface area contributed by atoms with E-state index in [0.717, 1.165) is 6.54 Å². The van der Waals surface area contributed by atoms with Crippen LogP contribution >= 0.6 is 0 Å². The molecular formula is C8H20N2. The summed E-state index contributed by atoms with van der Waals surface area (Å²) >= 11 is 0. The Morgan fingerprint density at radius 1 is 1.30 bits per heavy atom. The lowest BCUT2D eigenvalue weighted by molar-refractivity contribution is 0.158. The smallest absolute Gasteiger partial charge is 0.0184 e. The first-order chi connectivity index (χ1) is 4.33. The standard InChI is InChI=1S/C8H20N2/c1-7(2)10(9)6-8(3,4)5/h7H,6,9H2,1-5H3. The molecule has 0 aliphatic rings. The lowest BCUT2D eigenvalue weighted by Crippen LogP contribution is -2.42. The highest BCUT2D eigenvalue weighted by Gasteiger charge is 2.15. The van der Waals surface area contributed by atoms with Gasteiger partial charge >= 0.3 is 0 Å². The van der Waals surface area contributed by atoms with Crippen LogP contribution < -0.4 is 5.84 Å².